The van der Waals surface area contributed by atoms with Crippen LogP contribution < -0.4 is 5.32 Å². The molecular weight excluding hydrogens is 380 g/mol. The summed E-state index contributed by atoms with van der Waals surface area (Å²) in [7, 11) is -3.46. The molecule has 2 heterocycles. The van der Waals surface area contributed by atoms with Crippen LogP contribution in [-0.4, -0.2) is 14.3 Å². The monoisotopic (exact) mass is 391 g/mol. The normalized spacial score (nSPS) is 14.4. The lowest BCUT2D eigenvalue weighted by atomic mass is 10.1. The summed E-state index contributed by atoms with van der Waals surface area (Å²) in [6.07, 6.45) is 0. The second kappa shape index (κ2) is 6.00. The SMILES string of the molecule is O=C(Nc1ccc(F)cc1F)c1cc2c(s1)-c1ccccc1S(=O)(=O)C2. The first-order valence-corrected chi connectivity index (χ1v) is 10.0. The molecule has 132 valence electrons. The third kappa shape index (κ3) is 2.81. The number of rotatable bonds is 2. The number of anilines is 1. The number of hydrogen-bond acceptors (Lipinski definition) is 4. The van der Waals surface area contributed by atoms with Gasteiger partial charge in [-0.1, -0.05) is 18.2 Å². The van der Waals surface area contributed by atoms with Gasteiger partial charge in [0.25, 0.3) is 5.91 Å². The predicted octanol–water partition coefficient (Wildman–Crippen LogP) is 4.23. The van der Waals surface area contributed by atoms with Crippen LogP contribution in [0.4, 0.5) is 14.5 Å². The molecule has 3 aromatic rings. The molecule has 1 aliphatic heterocycles. The van der Waals surface area contributed by atoms with Gasteiger partial charge in [0.1, 0.15) is 11.6 Å². The van der Waals surface area contributed by atoms with Crippen LogP contribution in [0.5, 0.6) is 0 Å². The number of thiophene rings is 1. The number of carbonyl (C=O) groups is 1. The van der Waals surface area contributed by atoms with E-state index in [1.807, 2.05) is 0 Å². The average Bonchev–Trinajstić information content (AvgIpc) is 3.01. The molecule has 26 heavy (non-hydrogen) atoms. The molecular formula is C18H11F2NO3S2. The number of carbonyl (C=O) groups excluding carboxylic acids is 1. The first kappa shape index (κ1) is 16.9. The number of hydrogen-bond donors (Lipinski definition) is 1. The summed E-state index contributed by atoms with van der Waals surface area (Å²) < 4.78 is 51.5. The van der Waals surface area contributed by atoms with Crippen molar-refractivity contribution in [3.05, 3.63) is 70.6 Å². The summed E-state index contributed by atoms with van der Waals surface area (Å²) >= 11 is 1.14. The molecule has 0 unspecified atom stereocenters. The molecule has 0 spiro atoms. The fraction of sp³-hybridized carbons (Fsp3) is 0.0556. The lowest BCUT2D eigenvalue weighted by Crippen LogP contribution is -2.12. The zero-order valence-electron chi connectivity index (χ0n) is 13.1. The largest absolute Gasteiger partial charge is 0.319 e. The van der Waals surface area contributed by atoms with E-state index in [9.17, 15) is 22.0 Å². The quantitative estimate of drug-likeness (QED) is 0.711. The minimum absolute atomic E-state index is 0.143. The molecule has 0 bridgehead atoms. The molecule has 1 aliphatic rings. The standard InChI is InChI=1S/C18H11F2NO3S2/c19-11-5-6-14(13(20)8-11)21-18(22)15-7-10-9-26(23,24)16-4-2-1-3-12(16)17(10)25-15/h1-8H,9H2,(H,21,22). The summed E-state index contributed by atoms with van der Waals surface area (Å²) in [5.74, 6) is -2.39. The van der Waals surface area contributed by atoms with Gasteiger partial charge >= 0.3 is 0 Å². The maximum Gasteiger partial charge on any atom is 0.265 e. The van der Waals surface area contributed by atoms with Crippen LogP contribution in [0.3, 0.4) is 0 Å². The number of benzene rings is 2. The number of halogens is 2. The fourth-order valence-electron chi connectivity index (χ4n) is 2.86. The van der Waals surface area contributed by atoms with Gasteiger partial charge in [-0.05, 0) is 29.8 Å². The van der Waals surface area contributed by atoms with E-state index < -0.39 is 27.4 Å². The van der Waals surface area contributed by atoms with Crippen LogP contribution in [0, 0.1) is 11.6 Å². The highest BCUT2D eigenvalue weighted by atomic mass is 32.2. The molecule has 0 aliphatic carbocycles. The van der Waals surface area contributed by atoms with E-state index in [4.69, 9.17) is 0 Å². The van der Waals surface area contributed by atoms with E-state index in [1.165, 1.54) is 6.07 Å². The summed E-state index contributed by atoms with van der Waals surface area (Å²) in [6, 6.07) is 11.0. The molecule has 0 atom stereocenters. The van der Waals surface area contributed by atoms with Crippen LogP contribution in [0.1, 0.15) is 15.2 Å². The Morgan fingerprint density at radius 1 is 1.08 bits per heavy atom. The van der Waals surface area contributed by atoms with Gasteiger partial charge < -0.3 is 5.32 Å². The Morgan fingerprint density at radius 3 is 2.62 bits per heavy atom. The fourth-order valence-corrected chi connectivity index (χ4v) is 5.71. The van der Waals surface area contributed by atoms with Gasteiger partial charge in [0.2, 0.25) is 0 Å². The first-order chi connectivity index (χ1) is 12.3. The van der Waals surface area contributed by atoms with Gasteiger partial charge in [-0.2, -0.15) is 0 Å². The number of sulfone groups is 1. The van der Waals surface area contributed by atoms with Gasteiger partial charge in [-0.25, -0.2) is 17.2 Å². The molecule has 2 aromatic carbocycles. The highest BCUT2D eigenvalue weighted by molar-refractivity contribution is 7.91. The molecule has 8 heteroatoms. The van der Waals surface area contributed by atoms with E-state index in [-0.39, 0.29) is 21.2 Å². The van der Waals surface area contributed by atoms with Crippen LogP contribution >= 0.6 is 11.3 Å². The molecule has 1 N–H and O–H groups in total. The maximum absolute atomic E-state index is 13.7. The minimum Gasteiger partial charge on any atom is -0.319 e. The van der Waals surface area contributed by atoms with Crippen LogP contribution in [0.15, 0.2) is 53.4 Å². The number of nitrogens with one attached hydrogen (secondary N) is 1. The second-order valence-electron chi connectivity index (χ2n) is 5.80. The summed E-state index contributed by atoms with van der Waals surface area (Å²) in [6.45, 7) is 0. The van der Waals surface area contributed by atoms with Gasteiger partial charge in [0.05, 0.1) is 21.2 Å². The van der Waals surface area contributed by atoms with Crippen molar-refractivity contribution in [2.45, 2.75) is 10.6 Å². The number of fused-ring (bicyclic) bond motifs is 3. The van der Waals surface area contributed by atoms with Gasteiger partial charge in [0, 0.05) is 16.5 Å². The van der Waals surface area contributed by atoms with Crippen molar-refractivity contribution in [3.63, 3.8) is 0 Å². The van der Waals surface area contributed by atoms with Crippen LogP contribution in [-0.2, 0) is 15.6 Å². The highest BCUT2D eigenvalue weighted by Crippen LogP contribution is 2.42. The average molecular weight is 391 g/mol. The molecule has 4 rings (SSSR count). The molecule has 1 aromatic heterocycles. The topological polar surface area (TPSA) is 63.2 Å². The van der Waals surface area contributed by atoms with E-state index in [0.29, 0.717) is 22.1 Å². The molecule has 0 radical (unpaired) electrons. The lowest BCUT2D eigenvalue weighted by molar-refractivity contribution is 0.103. The smallest absolute Gasteiger partial charge is 0.265 e. The van der Waals surface area contributed by atoms with Crippen molar-refractivity contribution in [2.75, 3.05) is 5.32 Å². The third-order valence-corrected chi connectivity index (χ3v) is 6.95. The predicted molar refractivity (Wildman–Crippen MR) is 95.0 cm³/mol. The minimum atomic E-state index is -3.46. The Labute approximate surface area is 152 Å². The Kier molecular flexibility index (Phi) is 3.89. The van der Waals surface area contributed by atoms with Crippen molar-refractivity contribution in [1.29, 1.82) is 0 Å². The summed E-state index contributed by atoms with van der Waals surface area (Å²) in [5, 5.41) is 2.39. The van der Waals surface area contributed by atoms with Crippen molar-refractivity contribution in [1.82, 2.24) is 0 Å². The van der Waals surface area contributed by atoms with Crippen molar-refractivity contribution in [2.24, 2.45) is 0 Å². The zero-order valence-corrected chi connectivity index (χ0v) is 14.8. The lowest BCUT2D eigenvalue weighted by Gasteiger charge is -2.15. The number of amides is 1. The van der Waals surface area contributed by atoms with E-state index in [2.05, 4.69) is 5.32 Å². The van der Waals surface area contributed by atoms with Crippen LogP contribution in [0.2, 0.25) is 0 Å². The zero-order chi connectivity index (χ0) is 18.5. The Hall–Kier alpha value is -2.58. The van der Waals surface area contributed by atoms with Crippen molar-refractivity contribution >= 4 is 32.8 Å². The van der Waals surface area contributed by atoms with Gasteiger partial charge in [0.15, 0.2) is 9.84 Å². The molecule has 0 saturated carbocycles. The van der Waals surface area contributed by atoms with Crippen LogP contribution in [0.25, 0.3) is 10.4 Å². The van der Waals surface area contributed by atoms with Gasteiger partial charge in [-0.3, -0.25) is 4.79 Å². The Morgan fingerprint density at radius 2 is 1.85 bits per heavy atom. The van der Waals surface area contributed by atoms with Crippen molar-refractivity contribution < 1.29 is 22.0 Å². The molecule has 0 saturated heterocycles. The first-order valence-electron chi connectivity index (χ1n) is 7.56. The molecule has 4 nitrogen and oxygen atoms in total. The summed E-state index contributed by atoms with van der Waals surface area (Å²) in [5.41, 5.74) is 0.958. The van der Waals surface area contributed by atoms with Gasteiger partial charge in [-0.15, -0.1) is 11.3 Å². The highest BCUT2D eigenvalue weighted by Gasteiger charge is 2.30. The van der Waals surface area contributed by atoms with Crippen molar-refractivity contribution in [3.8, 4) is 10.4 Å². The Bertz CT molecular complexity index is 1150. The van der Waals surface area contributed by atoms with E-state index in [1.54, 1.807) is 24.3 Å². The molecule has 0 fully saturated rings. The summed E-state index contributed by atoms with van der Waals surface area (Å²) in [4.78, 5) is 13.6. The molecule has 1 amide bonds. The van der Waals surface area contributed by atoms with E-state index >= 15 is 0 Å². The maximum atomic E-state index is 13.7. The van der Waals surface area contributed by atoms with E-state index in [0.717, 1.165) is 23.5 Å². The Balaban J connectivity index is 1.71. The second-order valence-corrected chi connectivity index (χ2v) is 8.81. The third-order valence-electron chi connectivity index (χ3n) is 4.02.